The molecule has 142 valence electrons. The molecule has 1 N–H and O–H groups in total. The van der Waals surface area contributed by atoms with E-state index >= 15 is 0 Å². The Bertz CT molecular complexity index is 639. The second-order valence-electron chi connectivity index (χ2n) is 6.49. The Kier molecular flexibility index (Phi) is 7.59. The largest absolute Gasteiger partial charge is 0.353 e. The number of rotatable bonds is 6. The van der Waals surface area contributed by atoms with Crippen molar-refractivity contribution in [2.24, 2.45) is 4.99 Å². The number of aliphatic imine (C=N–C) groups is 1. The van der Waals surface area contributed by atoms with Crippen LogP contribution >= 0.6 is 0 Å². The molecule has 7 heteroatoms. The molecule has 2 rings (SSSR count). The quantitative estimate of drug-likeness (QED) is 0.469. The Morgan fingerprint density at radius 1 is 1.35 bits per heavy atom. The number of benzene rings is 1. The van der Waals surface area contributed by atoms with E-state index in [1.807, 2.05) is 6.07 Å². The number of guanidine groups is 1. The molecule has 1 aliphatic rings. The van der Waals surface area contributed by atoms with Crippen LogP contribution in [0.15, 0.2) is 41.9 Å². The summed E-state index contributed by atoms with van der Waals surface area (Å²) < 4.78 is 13.3. The summed E-state index contributed by atoms with van der Waals surface area (Å²) in [6.45, 7) is 8.48. The average Bonchev–Trinajstić information content (AvgIpc) is 2.62. The van der Waals surface area contributed by atoms with Gasteiger partial charge in [-0.2, -0.15) is 0 Å². The van der Waals surface area contributed by atoms with Gasteiger partial charge in [-0.25, -0.2) is 9.38 Å². The zero-order valence-electron chi connectivity index (χ0n) is 15.6. The van der Waals surface area contributed by atoms with Crippen molar-refractivity contribution in [1.82, 2.24) is 20.0 Å². The first-order valence-electron chi connectivity index (χ1n) is 8.80. The van der Waals surface area contributed by atoms with Gasteiger partial charge < -0.3 is 15.1 Å². The van der Waals surface area contributed by atoms with Crippen LogP contribution in [-0.2, 0) is 11.3 Å². The lowest BCUT2D eigenvalue weighted by atomic mass is 10.2. The highest BCUT2D eigenvalue weighted by atomic mass is 19.1. The SMILES string of the molecule is C=CCNC(=NCC(=O)N(C)C)N1CCN(Cc2cccc(F)c2)CC1. The summed E-state index contributed by atoms with van der Waals surface area (Å²) in [4.78, 5) is 22.2. The van der Waals surface area contributed by atoms with Crippen molar-refractivity contribution >= 4 is 11.9 Å². The van der Waals surface area contributed by atoms with E-state index in [1.54, 1.807) is 32.3 Å². The van der Waals surface area contributed by atoms with E-state index in [1.165, 1.54) is 11.0 Å². The maximum absolute atomic E-state index is 13.3. The van der Waals surface area contributed by atoms with Crippen molar-refractivity contribution in [3.8, 4) is 0 Å². The molecule has 0 aliphatic carbocycles. The summed E-state index contributed by atoms with van der Waals surface area (Å²) in [6.07, 6.45) is 1.77. The van der Waals surface area contributed by atoms with Crippen LogP contribution in [0.25, 0.3) is 0 Å². The molecule has 1 saturated heterocycles. The van der Waals surface area contributed by atoms with E-state index in [9.17, 15) is 9.18 Å². The van der Waals surface area contributed by atoms with Crippen LogP contribution in [0, 0.1) is 5.82 Å². The number of amides is 1. The van der Waals surface area contributed by atoms with E-state index in [2.05, 4.69) is 26.7 Å². The van der Waals surface area contributed by atoms with E-state index in [4.69, 9.17) is 0 Å². The van der Waals surface area contributed by atoms with Crippen LogP contribution in [0.3, 0.4) is 0 Å². The first kappa shape index (κ1) is 19.9. The Hall–Kier alpha value is -2.41. The zero-order valence-corrected chi connectivity index (χ0v) is 15.6. The Labute approximate surface area is 155 Å². The third kappa shape index (κ3) is 6.15. The Balaban J connectivity index is 1.92. The van der Waals surface area contributed by atoms with Crippen molar-refractivity contribution in [2.45, 2.75) is 6.54 Å². The van der Waals surface area contributed by atoms with Gasteiger partial charge in [0.2, 0.25) is 5.91 Å². The highest BCUT2D eigenvalue weighted by Crippen LogP contribution is 2.10. The number of hydrogen-bond acceptors (Lipinski definition) is 3. The molecule has 1 heterocycles. The van der Waals surface area contributed by atoms with Crippen molar-refractivity contribution in [2.75, 3.05) is 53.4 Å². The molecule has 26 heavy (non-hydrogen) atoms. The van der Waals surface area contributed by atoms with Crippen molar-refractivity contribution in [1.29, 1.82) is 0 Å². The first-order chi connectivity index (χ1) is 12.5. The molecule has 1 aromatic rings. The number of nitrogens with one attached hydrogen (secondary N) is 1. The molecule has 0 aromatic heterocycles. The predicted octanol–water partition coefficient (Wildman–Crippen LogP) is 1.16. The first-order valence-corrected chi connectivity index (χ1v) is 8.80. The molecule has 0 radical (unpaired) electrons. The molecule has 6 nitrogen and oxygen atoms in total. The van der Waals surface area contributed by atoms with Gasteiger partial charge in [0.1, 0.15) is 12.4 Å². The molecule has 0 saturated carbocycles. The normalized spacial score (nSPS) is 15.7. The van der Waals surface area contributed by atoms with Gasteiger partial charge >= 0.3 is 0 Å². The summed E-state index contributed by atoms with van der Waals surface area (Å²) in [5.41, 5.74) is 0.980. The van der Waals surface area contributed by atoms with Gasteiger partial charge in [0.15, 0.2) is 5.96 Å². The standard InChI is InChI=1S/C19H28FN5O/c1-4-8-21-19(22-14-18(26)23(2)3)25-11-9-24(10-12-25)15-16-6-5-7-17(20)13-16/h4-7,13H,1,8-12,14-15H2,2-3H3,(H,21,22). The summed E-state index contributed by atoms with van der Waals surface area (Å²) in [5.74, 6) is 0.493. The lowest BCUT2D eigenvalue weighted by molar-refractivity contribution is -0.127. The van der Waals surface area contributed by atoms with Crippen LogP contribution in [0.5, 0.6) is 0 Å². The fourth-order valence-electron chi connectivity index (χ4n) is 2.73. The molecule has 0 spiro atoms. The minimum absolute atomic E-state index is 0.0346. The summed E-state index contributed by atoms with van der Waals surface area (Å²) >= 11 is 0. The molecule has 1 aliphatic heterocycles. The number of carbonyl (C=O) groups excluding carboxylic acids is 1. The topological polar surface area (TPSA) is 51.2 Å². The Morgan fingerprint density at radius 3 is 2.69 bits per heavy atom. The second-order valence-corrected chi connectivity index (χ2v) is 6.49. The van der Waals surface area contributed by atoms with Crippen LogP contribution < -0.4 is 5.32 Å². The van der Waals surface area contributed by atoms with Gasteiger partial charge in [-0.3, -0.25) is 9.69 Å². The molecule has 1 aromatic carbocycles. The predicted molar refractivity (Wildman–Crippen MR) is 102 cm³/mol. The van der Waals surface area contributed by atoms with Crippen molar-refractivity contribution in [3.05, 3.63) is 48.3 Å². The van der Waals surface area contributed by atoms with E-state index < -0.39 is 0 Å². The number of halogens is 1. The van der Waals surface area contributed by atoms with Crippen LogP contribution in [0.1, 0.15) is 5.56 Å². The average molecular weight is 361 g/mol. The lowest BCUT2D eigenvalue weighted by Gasteiger charge is -2.36. The Morgan fingerprint density at radius 2 is 2.08 bits per heavy atom. The van der Waals surface area contributed by atoms with Crippen LogP contribution in [0.4, 0.5) is 4.39 Å². The van der Waals surface area contributed by atoms with Crippen molar-refractivity contribution in [3.63, 3.8) is 0 Å². The fourth-order valence-corrected chi connectivity index (χ4v) is 2.73. The number of carbonyl (C=O) groups is 1. The monoisotopic (exact) mass is 361 g/mol. The number of likely N-dealkylation sites (N-methyl/N-ethyl adjacent to an activating group) is 1. The lowest BCUT2D eigenvalue weighted by Crippen LogP contribution is -2.52. The molecule has 1 fully saturated rings. The maximum atomic E-state index is 13.3. The third-order valence-electron chi connectivity index (χ3n) is 4.23. The van der Waals surface area contributed by atoms with Crippen LogP contribution in [0.2, 0.25) is 0 Å². The zero-order chi connectivity index (χ0) is 18.9. The number of hydrogen-bond donors (Lipinski definition) is 1. The van der Waals surface area contributed by atoms with Crippen molar-refractivity contribution < 1.29 is 9.18 Å². The highest BCUT2D eigenvalue weighted by molar-refractivity contribution is 5.85. The minimum atomic E-state index is -0.199. The summed E-state index contributed by atoms with van der Waals surface area (Å²) in [6, 6.07) is 6.73. The summed E-state index contributed by atoms with van der Waals surface area (Å²) in [7, 11) is 3.44. The van der Waals surface area contributed by atoms with Gasteiger partial charge in [0.05, 0.1) is 0 Å². The summed E-state index contributed by atoms with van der Waals surface area (Å²) in [5, 5.41) is 3.22. The molecular weight excluding hydrogens is 333 g/mol. The molecule has 0 unspecified atom stereocenters. The van der Waals surface area contributed by atoms with Crippen LogP contribution in [-0.4, -0.2) is 79.9 Å². The fraction of sp³-hybridized carbons (Fsp3) is 0.474. The molecular formula is C19H28FN5O. The van der Waals surface area contributed by atoms with Gasteiger partial charge in [-0.15, -0.1) is 6.58 Å². The van der Waals surface area contributed by atoms with E-state index in [-0.39, 0.29) is 18.3 Å². The molecule has 0 bridgehead atoms. The second kappa shape index (κ2) is 9.91. The highest BCUT2D eigenvalue weighted by Gasteiger charge is 2.20. The maximum Gasteiger partial charge on any atom is 0.243 e. The van der Waals surface area contributed by atoms with E-state index in [0.717, 1.165) is 44.2 Å². The van der Waals surface area contributed by atoms with E-state index in [0.29, 0.717) is 6.54 Å². The van der Waals surface area contributed by atoms with Gasteiger partial charge in [-0.1, -0.05) is 18.2 Å². The van der Waals surface area contributed by atoms with Gasteiger partial charge in [0, 0.05) is 53.4 Å². The number of nitrogens with zero attached hydrogens (tertiary/aromatic N) is 4. The number of piperazine rings is 1. The van der Waals surface area contributed by atoms with Gasteiger partial charge in [0.25, 0.3) is 0 Å². The molecule has 0 atom stereocenters. The smallest absolute Gasteiger partial charge is 0.243 e. The minimum Gasteiger partial charge on any atom is -0.353 e. The van der Waals surface area contributed by atoms with Gasteiger partial charge in [-0.05, 0) is 17.7 Å². The third-order valence-corrected chi connectivity index (χ3v) is 4.23. The molecule has 1 amide bonds.